The molecule has 1 heterocycles. The largest absolute Gasteiger partial charge is 0.495 e. The number of sulfonamides is 1. The number of nitrogens with zero attached hydrogens (tertiary/aromatic N) is 1. The van der Waals surface area contributed by atoms with Gasteiger partial charge in [0.15, 0.2) is 0 Å². The summed E-state index contributed by atoms with van der Waals surface area (Å²) in [7, 11) is -2.24. The molecule has 0 unspecified atom stereocenters. The second-order valence-corrected chi connectivity index (χ2v) is 7.93. The van der Waals surface area contributed by atoms with Gasteiger partial charge < -0.3 is 14.8 Å². The Hall–Kier alpha value is -1.64. The molecular formula is C16H22N2O5S. The minimum Gasteiger partial charge on any atom is -0.495 e. The van der Waals surface area contributed by atoms with Crippen molar-refractivity contribution in [2.24, 2.45) is 0 Å². The first-order valence-corrected chi connectivity index (χ1v) is 9.49. The zero-order chi connectivity index (χ0) is 17.2. The van der Waals surface area contributed by atoms with Crippen molar-refractivity contribution in [1.82, 2.24) is 9.62 Å². The summed E-state index contributed by atoms with van der Waals surface area (Å²) in [6.07, 6.45) is 2.20. The highest BCUT2D eigenvalue weighted by atomic mass is 32.2. The van der Waals surface area contributed by atoms with Crippen molar-refractivity contribution < 1.29 is 22.7 Å². The Bertz CT molecular complexity index is 709. The summed E-state index contributed by atoms with van der Waals surface area (Å²) in [5, 5.41) is 2.91. The van der Waals surface area contributed by atoms with Crippen LogP contribution in [-0.4, -0.2) is 58.1 Å². The fourth-order valence-electron chi connectivity index (χ4n) is 2.65. The molecule has 0 radical (unpaired) electrons. The number of ether oxygens (including phenoxy) is 2. The lowest BCUT2D eigenvalue weighted by Gasteiger charge is -2.26. The predicted molar refractivity (Wildman–Crippen MR) is 87.4 cm³/mol. The predicted octanol–water partition coefficient (Wildman–Crippen LogP) is 0.537. The van der Waals surface area contributed by atoms with Gasteiger partial charge in [-0.15, -0.1) is 0 Å². The third-order valence-electron chi connectivity index (χ3n) is 4.12. The van der Waals surface area contributed by atoms with E-state index in [4.69, 9.17) is 9.47 Å². The van der Waals surface area contributed by atoms with Crippen LogP contribution >= 0.6 is 0 Å². The molecule has 3 rings (SSSR count). The van der Waals surface area contributed by atoms with E-state index in [9.17, 15) is 13.2 Å². The minimum absolute atomic E-state index is 0.0858. The summed E-state index contributed by atoms with van der Waals surface area (Å²) >= 11 is 0. The molecule has 0 bridgehead atoms. The summed E-state index contributed by atoms with van der Waals surface area (Å²) in [6, 6.07) is 5.15. The van der Waals surface area contributed by atoms with Gasteiger partial charge in [-0.25, -0.2) is 8.42 Å². The number of hydrogen-bond donors (Lipinski definition) is 1. The van der Waals surface area contributed by atoms with E-state index in [-0.39, 0.29) is 29.0 Å². The van der Waals surface area contributed by atoms with Crippen LogP contribution in [0, 0.1) is 0 Å². The number of carbonyl (C=O) groups excluding carboxylic acids is 1. The highest BCUT2D eigenvalue weighted by molar-refractivity contribution is 7.89. The van der Waals surface area contributed by atoms with Gasteiger partial charge in [0, 0.05) is 19.1 Å². The van der Waals surface area contributed by atoms with Gasteiger partial charge in [-0.1, -0.05) is 6.07 Å². The van der Waals surface area contributed by atoms with E-state index in [0.29, 0.717) is 31.9 Å². The zero-order valence-corrected chi connectivity index (χ0v) is 14.5. The Kier molecular flexibility index (Phi) is 5.07. The van der Waals surface area contributed by atoms with Crippen LogP contribution in [0.1, 0.15) is 18.4 Å². The molecule has 0 spiro atoms. The number of morpholine rings is 1. The molecule has 1 saturated heterocycles. The first kappa shape index (κ1) is 17.2. The molecule has 2 aliphatic rings. The van der Waals surface area contributed by atoms with E-state index in [1.807, 2.05) is 0 Å². The lowest BCUT2D eigenvalue weighted by atomic mass is 10.1. The molecule has 0 aromatic heterocycles. The van der Waals surface area contributed by atoms with Crippen LogP contribution in [0.4, 0.5) is 0 Å². The standard InChI is InChI=1S/C16H22N2O5S/c1-22-14-5-2-12(11-16(19)17-13-3-4-13)10-15(14)24(20,21)18-6-8-23-9-7-18/h2,5,10,13H,3-4,6-9,11H2,1H3,(H,17,19). The summed E-state index contributed by atoms with van der Waals surface area (Å²) in [4.78, 5) is 12.1. The van der Waals surface area contributed by atoms with Crippen molar-refractivity contribution >= 4 is 15.9 Å². The molecule has 1 aromatic carbocycles. The van der Waals surface area contributed by atoms with E-state index < -0.39 is 10.0 Å². The van der Waals surface area contributed by atoms with Crippen molar-refractivity contribution in [3.8, 4) is 5.75 Å². The fraction of sp³-hybridized carbons (Fsp3) is 0.562. The second kappa shape index (κ2) is 7.08. The van der Waals surface area contributed by atoms with Gasteiger partial charge in [0.1, 0.15) is 10.6 Å². The molecule has 1 aromatic rings. The first-order chi connectivity index (χ1) is 11.5. The van der Waals surface area contributed by atoms with Gasteiger partial charge in [0.05, 0.1) is 26.7 Å². The molecule has 1 aliphatic carbocycles. The van der Waals surface area contributed by atoms with Gasteiger partial charge in [-0.2, -0.15) is 4.31 Å². The second-order valence-electron chi connectivity index (χ2n) is 6.02. The topological polar surface area (TPSA) is 84.9 Å². The summed E-state index contributed by atoms with van der Waals surface area (Å²) in [6.45, 7) is 1.39. The molecule has 1 amide bonds. The Morgan fingerprint density at radius 3 is 2.67 bits per heavy atom. The highest BCUT2D eigenvalue weighted by Crippen LogP contribution is 2.28. The average Bonchev–Trinajstić information content (AvgIpc) is 3.39. The van der Waals surface area contributed by atoms with Crippen molar-refractivity contribution in [2.45, 2.75) is 30.2 Å². The molecule has 132 valence electrons. The van der Waals surface area contributed by atoms with E-state index in [0.717, 1.165) is 12.8 Å². The van der Waals surface area contributed by atoms with Crippen molar-refractivity contribution in [2.75, 3.05) is 33.4 Å². The van der Waals surface area contributed by atoms with Crippen LogP contribution in [0.2, 0.25) is 0 Å². The smallest absolute Gasteiger partial charge is 0.246 e. The van der Waals surface area contributed by atoms with E-state index in [2.05, 4.69) is 5.32 Å². The lowest BCUT2D eigenvalue weighted by Crippen LogP contribution is -2.40. The maximum absolute atomic E-state index is 12.9. The molecule has 24 heavy (non-hydrogen) atoms. The average molecular weight is 354 g/mol. The molecule has 1 aliphatic heterocycles. The quantitative estimate of drug-likeness (QED) is 0.806. The molecule has 8 heteroatoms. The fourth-order valence-corrected chi connectivity index (χ4v) is 4.26. The van der Waals surface area contributed by atoms with Crippen LogP contribution in [-0.2, 0) is 26.0 Å². The Morgan fingerprint density at radius 2 is 2.04 bits per heavy atom. The lowest BCUT2D eigenvalue weighted by molar-refractivity contribution is -0.120. The van der Waals surface area contributed by atoms with E-state index >= 15 is 0 Å². The van der Waals surface area contributed by atoms with Crippen LogP contribution in [0.25, 0.3) is 0 Å². The molecule has 2 fully saturated rings. The number of rotatable bonds is 6. The third kappa shape index (κ3) is 3.88. The minimum atomic E-state index is -3.68. The molecular weight excluding hydrogens is 332 g/mol. The Labute approximate surface area is 142 Å². The molecule has 7 nitrogen and oxygen atoms in total. The van der Waals surface area contributed by atoms with Crippen molar-refractivity contribution in [3.05, 3.63) is 23.8 Å². The molecule has 1 N–H and O–H groups in total. The molecule has 0 atom stereocenters. The first-order valence-electron chi connectivity index (χ1n) is 8.05. The van der Waals surface area contributed by atoms with E-state index in [1.54, 1.807) is 12.1 Å². The van der Waals surface area contributed by atoms with Crippen molar-refractivity contribution in [1.29, 1.82) is 0 Å². The number of benzene rings is 1. The number of carbonyl (C=O) groups is 1. The molecule has 1 saturated carbocycles. The monoisotopic (exact) mass is 354 g/mol. The Morgan fingerprint density at radius 1 is 1.33 bits per heavy atom. The normalized spacial score (nSPS) is 19.0. The highest BCUT2D eigenvalue weighted by Gasteiger charge is 2.30. The van der Waals surface area contributed by atoms with Gasteiger partial charge >= 0.3 is 0 Å². The van der Waals surface area contributed by atoms with Crippen LogP contribution in [0.3, 0.4) is 0 Å². The van der Waals surface area contributed by atoms with Crippen molar-refractivity contribution in [3.63, 3.8) is 0 Å². The SMILES string of the molecule is COc1ccc(CC(=O)NC2CC2)cc1S(=O)(=O)N1CCOCC1. The van der Waals surface area contributed by atoms with Crippen LogP contribution in [0.15, 0.2) is 23.1 Å². The Balaban J connectivity index is 1.84. The van der Waals surface area contributed by atoms with Gasteiger partial charge in [-0.3, -0.25) is 4.79 Å². The van der Waals surface area contributed by atoms with Gasteiger partial charge in [0.25, 0.3) is 0 Å². The number of hydrogen-bond acceptors (Lipinski definition) is 5. The maximum atomic E-state index is 12.9. The third-order valence-corrected chi connectivity index (χ3v) is 6.04. The van der Waals surface area contributed by atoms with Crippen LogP contribution in [0.5, 0.6) is 5.75 Å². The number of nitrogens with one attached hydrogen (secondary N) is 1. The van der Waals surface area contributed by atoms with E-state index in [1.165, 1.54) is 17.5 Å². The van der Waals surface area contributed by atoms with Gasteiger partial charge in [-0.05, 0) is 30.5 Å². The van der Waals surface area contributed by atoms with Crippen LogP contribution < -0.4 is 10.1 Å². The maximum Gasteiger partial charge on any atom is 0.246 e. The number of amides is 1. The summed E-state index contributed by atoms with van der Waals surface area (Å²) in [5.41, 5.74) is 0.654. The summed E-state index contributed by atoms with van der Waals surface area (Å²) in [5.74, 6) is 0.199. The zero-order valence-electron chi connectivity index (χ0n) is 13.7. The summed E-state index contributed by atoms with van der Waals surface area (Å²) < 4.78 is 37.6. The number of methoxy groups -OCH3 is 1. The van der Waals surface area contributed by atoms with Gasteiger partial charge in [0.2, 0.25) is 15.9 Å².